The molecule has 0 unspecified atom stereocenters. The van der Waals surface area contributed by atoms with Gasteiger partial charge in [0.15, 0.2) is 5.13 Å². The van der Waals surface area contributed by atoms with Crippen LogP contribution in [0, 0.1) is 0 Å². The Hall–Kier alpha value is -3.18. The fourth-order valence-electron chi connectivity index (χ4n) is 3.64. The summed E-state index contributed by atoms with van der Waals surface area (Å²) in [4.78, 5) is 19.4. The van der Waals surface area contributed by atoms with Gasteiger partial charge in [0, 0.05) is 36.5 Å². The molecule has 9 nitrogen and oxygen atoms in total. The van der Waals surface area contributed by atoms with E-state index in [4.69, 9.17) is 21.1 Å². The summed E-state index contributed by atoms with van der Waals surface area (Å²) in [6, 6.07) is 14.3. The van der Waals surface area contributed by atoms with Crippen LogP contribution in [0.1, 0.15) is 5.69 Å². The van der Waals surface area contributed by atoms with Crippen LogP contribution < -0.4 is 15.4 Å². The molecule has 1 aliphatic heterocycles. The van der Waals surface area contributed by atoms with E-state index in [-0.39, 0.29) is 6.03 Å². The average Bonchev–Trinajstić information content (AvgIpc) is 3.51. The van der Waals surface area contributed by atoms with Gasteiger partial charge in [-0.25, -0.2) is 9.78 Å². The van der Waals surface area contributed by atoms with E-state index in [2.05, 4.69) is 25.6 Å². The number of hydrogen-bond donors (Lipinski definition) is 2. The van der Waals surface area contributed by atoms with Crippen molar-refractivity contribution in [3.63, 3.8) is 0 Å². The summed E-state index contributed by atoms with van der Waals surface area (Å²) in [7, 11) is 0. The standard InChI is InChI=1S/C24H25ClN6O3S/c25-17-1-3-18(4-2-17)27-24(32)31-8-7-19(29-31)16-26-23-28-21-6-5-20(15-22(21)35-23)34-14-11-30-9-12-33-13-10-30/h1-8,15H,9-14,16H2,(H,26,28)(H,27,32). The molecule has 35 heavy (non-hydrogen) atoms. The van der Waals surface area contributed by atoms with Gasteiger partial charge in [-0.15, -0.1) is 0 Å². The first-order valence-corrected chi connectivity index (χ1v) is 12.5. The molecule has 2 N–H and O–H groups in total. The maximum absolute atomic E-state index is 12.4. The minimum Gasteiger partial charge on any atom is -0.492 e. The number of nitrogens with one attached hydrogen (secondary N) is 2. The van der Waals surface area contributed by atoms with Crippen molar-refractivity contribution in [3.8, 4) is 5.75 Å². The van der Waals surface area contributed by atoms with Crippen LogP contribution in [-0.4, -0.2) is 65.2 Å². The Labute approximate surface area is 211 Å². The van der Waals surface area contributed by atoms with Crippen LogP contribution in [0.15, 0.2) is 54.7 Å². The predicted octanol–water partition coefficient (Wildman–Crippen LogP) is 4.55. The third-order valence-electron chi connectivity index (χ3n) is 5.51. The number of benzene rings is 2. The molecule has 0 radical (unpaired) electrons. The van der Waals surface area contributed by atoms with E-state index in [1.807, 2.05) is 18.2 Å². The van der Waals surface area contributed by atoms with E-state index >= 15 is 0 Å². The molecule has 4 aromatic rings. The maximum atomic E-state index is 12.4. The number of nitrogens with zero attached hydrogens (tertiary/aromatic N) is 4. The van der Waals surface area contributed by atoms with Crippen LogP contribution in [0.3, 0.4) is 0 Å². The fraction of sp³-hybridized carbons (Fsp3) is 0.292. The number of fused-ring (bicyclic) bond motifs is 1. The second-order valence-electron chi connectivity index (χ2n) is 7.99. The number of carbonyl (C=O) groups excluding carboxylic acids is 1. The second kappa shape index (κ2) is 11.0. The number of ether oxygens (including phenoxy) is 2. The summed E-state index contributed by atoms with van der Waals surface area (Å²) in [5.41, 5.74) is 2.28. The first-order chi connectivity index (χ1) is 17.1. The highest BCUT2D eigenvalue weighted by molar-refractivity contribution is 7.22. The van der Waals surface area contributed by atoms with Crippen LogP contribution in [0.25, 0.3) is 10.2 Å². The largest absolute Gasteiger partial charge is 0.492 e. The molecule has 11 heteroatoms. The van der Waals surface area contributed by atoms with E-state index in [1.165, 1.54) is 4.68 Å². The molecular formula is C24H25ClN6O3S. The highest BCUT2D eigenvalue weighted by atomic mass is 35.5. The number of rotatable bonds is 8. The summed E-state index contributed by atoms with van der Waals surface area (Å²) in [6.07, 6.45) is 1.63. The molecule has 0 spiro atoms. The lowest BCUT2D eigenvalue weighted by Gasteiger charge is -2.26. The quantitative estimate of drug-likeness (QED) is 0.357. The van der Waals surface area contributed by atoms with Crippen LogP contribution in [0.2, 0.25) is 5.02 Å². The molecule has 2 aromatic carbocycles. The van der Waals surface area contributed by atoms with Crippen molar-refractivity contribution in [2.45, 2.75) is 6.54 Å². The van der Waals surface area contributed by atoms with Gasteiger partial charge in [-0.2, -0.15) is 9.78 Å². The Morgan fingerprint density at radius 1 is 1.14 bits per heavy atom. The highest BCUT2D eigenvalue weighted by Crippen LogP contribution is 2.29. The van der Waals surface area contributed by atoms with E-state index in [9.17, 15) is 4.79 Å². The second-order valence-corrected chi connectivity index (χ2v) is 9.46. The minimum absolute atomic E-state index is 0.347. The number of hydrogen-bond acceptors (Lipinski definition) is 8. The topological polar surface area (TPSA) is 93.5 Å². The molecule has 182 valence electrons. The normalized spacial score (nSPS) is 14.2. The van der Waals surface area contributed by atoms with Crippen molar-refractivity contribution >= 4 is 50.0 Å². The van der Waals surface area contributed by atoms with Crippen LogP contribution in [0.4, 0.5) is 15.6 Å². The Balaban J connectivity index is 1.13. The molecule has 1 aliphatic rings. The summed E-state index contributed by atoms with van der Waals surface area (Å²) in [5, 5.41) is 11.8. The Bertz CT molecular complexity index is 1290. The SMILES string of the molecule is O=C(Nc1ccc(Cl)cc1)n1ccc(CNc2nc3ccc(OCCN4CCOCC4)cc3s2)n1. The first kappa shape index (κ1) is 23.6. The third kappa shape index (κ3) is 6.29. The molecule has 0 saturated carbocycles. The lowest BCUT2D eigenvalue weighted by Crippen LogP contribution is -2.38. The fourth-order valence-corrected chi connectivity index (χ4v) is 4.65. The Kier molecular flexibility index (Phi) is 7.43. The monoisotopic (exact) mass is 512 g/mol. The molecule has 3 heterocycles. The van der Waals surface area contributed by atoms with Gasteiger partial charge in [-0.3, -0.25) is 4.90 Å². The third-order valence-corrected chi connectivity index (χ3v) is 6.74. The molecule has 0 atom stereocenters. The minimum atomic E-state index is -0.347. The number of aromatic nitrogens is 3. The summed E-state index contributed by atoms with van der Waals surface area (Å²) in [6.45, 7) is 5.48. The molecule has 5 rings (SSSR count). The number of carbonyl (C=O) groups is 1. The number of halogens is 1. The zero-order valence-electron chi connectivity index (χ0n) is 18.9. The van der Waals surface area contributed by atoms with Crippen molar-refractivity contribution in [1.82, 2.24) is 19.7 Å². The molecule has 1 saturated heterocycles. The van der Waals surface area contributed by atoms with Crippen LogP contribution in [-0.2, 0) is 11.3 Å². The zero-order chi connectivity index (χ0) is 24.0. The van der Waals surface area contributed by atoms with Crippen molar-refractivity contribution in [3.05, 3.63) is 65.4 Å². The molecule has 2 aromatic heterocycles. The van der Waals surface area contributed by atoms with Gasteiger partial charge in [-0.1, -0.05) is 22.9 Å². The lowest BCUT2D eigenvalue weighted by molar-refractivity contribution is 0.0322. The highest BCUT2D eigenvalue weighted by Gasteiger charge is 2.11. The molecular weight excluding hydrogens is 488 g/mol. The van der Waals surface area contributed by atoms with E-state index in [1.54, 1.807) is 47.9 Å². The van der Waals surface area contributed by atoms with Crippen LogP contribution >= 0.6 is 22.9 Å². The molecule has 1 fully saturated rings. The summed E-state index contributed by atoms with van der Waals surface area (Å²) in [5.74, 6) is 0.839. The predicted molar refractivity (Wildman–Crippen MR) is 138 cm³/mol. The summed E-state index contributed by atoms with van der Waals surface area (Å²) >= 11 is 7.44. The number of morpholine rings is 1. The number of anilines is 2. The van der Waals surface area contributed by atoms with E-state index < -0.39 is 0 Å². The first-order valence-electron chi connectivity index (χ1n) is 11.3. The zero-order valence-corrected chi connectivity index (χ0v) is 20.5. The lowest BCUT2D eigenvalue weighted by atomic mass is 10.3. The number of amides is 1. The van der Waals surface area contributed by atoms with Crippen molar-refractivity contribution < 1.29 is 14.3 Å². The maximum Gasteiger partial charge on any atom is 0.346 e. The number of thiazole rings is 1. The van der Waals surface area contributed by atoms with Gasteiger partial charge in [0.2, 0.25) is 0 Å². The molecule has 0 aliphatic carbocycles. The Morgan fingerprint density at radius 3 is 2.80 bits per heavy atom. The van der Waals surface area contributed by atoms with Crippen LogP contribution in [0.5, 0.6) is 5.75 Å². The van der Waals surface area contributed by atoms with Gasteiger partial charge in [0.05, 0.1) is 35.7 Å². The van der Waals surface area contributed by atoms with Crippen molar-refractivity contribution in [2.24, 2.45) is 0 Å². The van der Waals surface area contributed by atoms with Crippen molar-refractivity contribution in [1.29, 1.82) is 0 Å². The Morgan fingerprint density at radius 2 is 1.97 bits per heavy atom. The van der Waals surface area contributed by atoms with Gasteiger partial charge in [-0.05, 0) is 48.5 Å². The molecule has 1 amide bonds. The molecule has 0 bridgehead atoms. The van der Waals surface area contributed by atoms with Gasteiger partial charge in [0.25, 0.3) is 0 Å². The van der Waals surface area contributed by atoms with E-state index in [0.29, 0.717) is 23.9 Å². The van der Waals surface area contributed by atoms with Gasteiger partial charge in [0.1, 0.15) is 12.4 Å². The van der Waals surface area contributed by atoms with Gasteiger partial charge < -0.3 is 20.1 Å². The van der Waals surface area contributed by atoms with E-state index in [0.717, 1.165) is 59.6 Å². The van der Waals surface area contributed by atoms with Gasteiger partial charge >= 0.3 is 6.03 Å². The average molecular weight is 513 g/mol. The summed E-state index contributed by atoms with van der Waals surface area (Å²) < 4.78 is 13.6. The smallest absolute Gasteiger partial charge is 0.346 e. The van der Waals surface area contributed by atoms with Crippen molar-refractivity contribution in [2.75, 3.05) is 50.1 Å².